The first-order valence-corrected chi connectivity index (χ1v) is 5.83. The molecule has 0 aliphatic rings. The van der Waals surface area contributed by atoms with Crippen molar-refractivity contribution in [3.63, 3.8) is 0 Å². The summed E-state index contributed by atoms with van der Waals surface area (Å²) in [5.41, 5.74) is 22.3. The summed E-state index contributed by atoms with van der Waals surface area (Å²) < 4.78 is 0. The predicted molar refractivity (Wildman–Crippen MR) is 72.5 cm³/mol. The first-order valence-electron chi connectivity index (χ1n) is 5.01. The molecule has 0 unspecified atom stereocenters. The molecule has 0 bridgehead atoms. The van der Waals surface area contributed by atoms with Crippen molar-refractivity contribution in [2.45, 2.75) is 13.8 Å². The van der Waals surface area contributed by atoms with E-state index in [1.807, 2.05) is 26.0 Å². The lowest BCUT2D eigenvalue weighted by atomic mass is 10.00. The Balaban J connectivity index is 2.71. The summed E-state index contributed by atoms with van der Waals surface area (Å²) in [6.45, 7) is 4.06. The molecule has 0 amide bonds. The van der Waals surface area contributed by atoms with E-state index in [4.69, 9.17) is 17.2 Å². The Hall–Kier alpha value is -1.68. The molecule has 1 heterocycles. The van der Waals surface area contributed by atoms with E-state index in [0.717, 1.165) is 27.4 Å². The molecule has 3 nitrogen and oxygen atoms in total. The number of aryl methyl sites for hydroxylation is 1. The summed E-state index contributed by atoms with van der Waals surface area (Å²) in [4.78, 5) is 1.17. The normalized spacial score (nSPS) is 10.6. The Kier molecular flexibility index (Phi) is 2.52. The average Bonchev–Trinajstić information content (AvgIpc) is 2.46. The molecule has 0 aliphatic heterocycles. The van der Waals surface area contributed by atoms with Crippen LogP contribution >= 0.6 is 11.3 Å². The lowest BCUT2D eigenvalue weighted by Crippen LogP contribution is -1.94. The molecule has 84 valence electrons. The number of thiophene rings is 1. The minimum atomic E-state index is 0.716. The second-order valence-corrected chi connectivity index (χ2v) is 5.13. The van der Waals surface area contributed by atoms with Crippen LogP contribution < -0.4 is 17.2 Å². The van der Waals surface area contributed by atoms with E-state index in [1.165, 1.54) is 4.88 Å². The van der Waals surface area contributed by atoms with Gasteiger partial charge < -0.3 is 17.2 Å². The van der Waals surface area contributed by atoms with Gasteiger partial charge in [0.2, 0.25) is 0 Å². The minimum absolute atomic E-state index is 0.716. The highest BCUT2D eigenvalue weighted by Gasteiger charge is 2.14. The van der Waals surface area contributed by atoms with E-state index in [2.05, 4.69) is 0 Å². The molecule has 6 N–H and O–H groups in total. The third-order valence-electron chi connectivity index (χ3n) is 2.71. The number of benzene rings is 1. The second kappa shape index (κ2) is 3.72. The van der Waals surface area contributed by atoms with Crippen molar-refractivity contribution in [2.75, 3.05) is 17.2 Å². The van der Waals surface area contributed by atoms with Crippen molar-refractivity contribution in [3.8, 4) is 11.1 Å². The van der Waals surface area contributed by atoms with Gasteiger partial charge in [0.05, 0.1) is 5.00 Å². The molecule has 16 heavy (non-hydrogen) atoms. The highest BCUT2D eigenvalue weighted by atomic mass is 32.1. The first-order chi connectivity index (χ1) is 7.50. The average molecular weight is 233 g/mol. The van der Waals surface area contributed by atoms with E-state index in [1.54, 1.807) is 17.4 Å². The van der Waals surface area contributed by atoms with Gasteiger partial charge in [-0.15, -0.1) is 11.3 Å². The Morgan fingerprint density at radius 2 is 1.75 bits per heavy atom. The molecule has 2 rings (SSSR count). The Labute approximate surface area is 98.9 Å². The van der Waals surface area contributed by atoms with Crippen molar-refractivity contribution < 1.29 is 0 Å². The van der Waals surface area contributed by atoms with Crippen LogP contribution in [0.4, 0.5) is 16.4 Å². The summed E-state index contributed by atoms with van der Waals surface area (Å²) in [7, 11) is 0. The van der Waals surface area contributed by atoms with Gasteiger partial charge in [0.1, 0.15) is 0 Å². The Bertz CT molecular complexity index is 543. The molecule has 1 aromatic carbocycles. The third-order valence-corrected chi connectivity index (χ3v) is 3.74. The fourth-order valence-corrected chi connectivity index (χ4v) is 2.81. The molecule has 0 atom stereocenters. The smallest absolute Gasteiger partial charge is 0.0895 e. The van der Waals surface area contributed by atoms with Crippen molar-refractivity contribution in [3.05, 3.63) is 28.6 Å². The number of hydrogen-bond donors (Lipinski definition) is 3. The van der Waals surface area contributed by atoms with Crippen LogP contribution in [0, 0.1) is 13.8 Å². The molecule has 0 fully saturated rings. The van der Waals surface area contributed by atoms with E-state index < -0.39 is 0 Å². The maximum Gasteiger partial charge on any atom is 0.0895 e. The highest BCUT2D eigenvalue weighted by molar-refractivity contribution is 7.16. The summed E-state index contributed by atoms with van der Waals surface area (Å²) >= 11 is 1.59. The van der Waals surface area contributed by atoms with Crippen LogP contribution in [-0.2, 0) is 0 Å². The number of nitrogen functional groups attached to an aromatic ring is 3. The van der Waals surface area contributed by atoms with Crippen LogP contribution in [0.1, 0.15) is 10.4 Å². The van der Waals surface area contributed by atoms with Crippen molar-refractivity contribution >= 4 is 27.7 Å². The molecule has 0 aliphatic carbocycles. The largest absolute Gasteiger partial charge is 0.399 e. The van der Waals surface area contributed by atoms with Gasteiger partial charge in [-0.1, -0.05) is 0 Å². The van der Waals surface area contributed by atoms with Crippen molar-refractivity contribution in [1.82, 2.24) is 0 Å². The first kappa shape index (κ1) is 10.8. The van der Waals surface area contributed by atoms with E-state index >= 15 is 0 Å². The topological polar surface area (TPSA) is 78.1 Å². The maximum absolute atomic E-state index is 5.98. The maximum atomic E-state index is 5.98. The van der Waals surface area contributed by atoms with Crippen LogP contribution in [0.15, 0.2) is 18.2 Å². The monoisotopic (exact) mass is 233 g/mol. The summed E-state index contributed by atoms with van der Waals surface area (Å²) in [5, 5.41) is 0.842. The van der Waals surface area contributed by atoms with Gasteiger partial charge in [-0.3, -0.25) is 0 Å². The summed E-state index contributed by atoms with van der Waals surface area (Å²) in [5.74, 6) is 0. The van der Waals surface area contributed by atoms with Gasteiger partial charge in [0.15, 0.2) is 0 Å². The van der Waals surface area contributed by atoms with E-state index in [9.17, 15) is 0 Å². The quantitative estimate of drug-likeness (QED) is 0.663. The molecule has 1 aromatic heterocycles. The fourth-order valence-electron chi connectivity index (χ4n) is 1.86. The van der Waals surface area contributed by atoms with Gasteiger partial charge >= 0.3 is 0 Å². The zero-order chi connectivity index (χ0) is 11.9. The van der Waals surface area contributed by atoms with E-state index in [0.29, 0.717) is 5.69 Å². The molecule has 0 saturated carbocycles. The Morgan fingerprint density at radius 3 is 2.31 bits per heavy atom. The van der Waals surface area contributed by atoms with Crippen LogP contribution in [0.2, 0.25) is 0 Å². The van der Waals surface area contributed by atoms with Gasteiger partial charge in [-0.05, 0) is 37.6 Å². The highest BCUT2D eigenvalue weighted by Crippen LogP contribution is 2.40. The number of rotatable bonds is 1. The second-order valence-electron chi connectivity index (χ2n) is 3.87. The molecule has 0 spiro atoms. The lowest BCUT2D eigenvalue weighted by molar-refractivity contribution is 1.48. The van der Waals surface area contributed by atoms with E-state index in [-0.39, 0.29) is 0 Å². The SMILES string of the molecule is Cc1sc(N)c(C)c1-c1cc(N)ccc1N. The number of hydrogen-bond acceptors (Lipinski definition) is 4. The standard InChI is InChI=1S/C12H15N3S/c1-6-11(7(2)16-12(6)15)9-5-8(13)3-4-10(9)14/h3-5H,13-15H2,1-2H3. The van der Waals surface area contributed by atoms with Gasteiger partial charge in [0, 0.05) is 27.4 Å². The molecule has 2 aromatic rings. The fraction of sp³-hybridized carbons (Fsp3) is 0.167. The van der Waals surface area contributed by atoms with Crippen molar-refractivity contribution in [1.29, 1.82) is 0 Å². The summed E-state index contributed by atoms with van der Waals surface area (Å²) in [6.07, 6.45) is 0. The number of nitrogens with two attached hydrogens (primary N) is 3. The minimum Gasteiger partial charge on any atom is -0.399 e. The number of anilines is 3. The van der Waals surface area contributed by atoms with Gasteiger partial charge in [-0.25, -0.2) is 0 Å². The van der Waals surface area contributed by atoms with Gasteiger partial charge in [-0.2, -0.15) is 0 Å². The molecule has 0 saturated heterocycles. The molecular weight excluding hydrogens is 218 g/mol. The zero-order valence-corrected chi connectivity index (χ0v) is 10.2. The third kappa shape index (κ3) is 1.61. The Morgan fingerprint density at radius 1 is 1.06 bits per heavy atom. The van der Waals surface area contributed by atoms with Crippen LogP contribution in [-0.4, -0.2) is 0 Å². The van der Waals surface area contributed by atoms with Crippen LogP contribution in [0.5, 0.6) is 0 Å². The van der Waals surface area contributed by atoms with Crippen LogP contribution in [0.3, 0.4) is 0 Å². The lowest BCUT2D eigenvalue weighted by Gasteiger charge is -2.08. The van der Waals surface area contributed by atoms with Crippen LogP contribution in [0.25, 0.3) is 11.1 Å². The zero-order valence-electron chi connectivity index (χ0n) is 9.37. The molecule has 0 radical (unpaired) electrons. The molecule has 4 heteroatoms. The predicted octanol–water partition coefficient (Wildman–Crippen LogP) is 2.78. The molecular formula is C12H15N3S. The van der Waals surface area contributed by atoms with Crippen molar-refractivity contribution in [2.24, 2.45) is 0 Å². The summed E-state index contributed by atoms with van der Waals surface area (Å²) in [6, 6.07) is 5.54. The van der Waals surface area contributed by atoms with Gasteiger partial charge in [0.25, 0.3) is 0 Å².